The van der Waals surface area contributed by atoms with Crippen molar-refractivity contribution in [2.24, 2.45) is 0 Å². The minimum Gasteiger partial charge on any atom is -0.276 e. The maximum Gasteiger partial charge on any atom is 0.321 e. The van der Waals surface area contributed by atoms with Crippen LogP contribution in [0.5, 0.6) is 0 Å². The summed E-state index contributed by atoms with van der Waals surface area (Å²) < 4.78 is 0. The zero-order chi connectivity index (χ0) is 4.83. The molecule has 1 radical (unpaired) electrons. The fourth-order valence-corrected chi connectivity index (χ4v) is 0.148. The van der Waals surface area contributed by atoms with Crippen LogP contribution in [0.2, 0.25) is 0 Å². The average molecular weight is 147 g/mol. The highest BCUT2D eigenvalue weighted by Gasteiger charge is 1.58. The lowest BCUT2D eigenvalue weighted by Crippen LogP contribution is -1.97. The van der Waals surface area contributed by atoms with Gasteiger partial charge in [0.15, 0.2) is 0 Å². The Morgan fingerprint density at radius 2 is 2.33 bits per heavy atom. The molecule has 0 atom stereocenters. The Morgan fingerprint density at radius 1 is 1.67 bits per heavy atom. The van der Waals surface area contributed by atoms with E-state index < -0.39 is 0 Å². The molecule has 1 amide bonds. The van der Waals surface area contributed by atoms with Gasteiger partial charge in [0.1, 0.15) is 0 Å². The van der Waals surface area contributed by atoms with Crippen molar-refractivity contribution in [1.82, 2.24) is 5.32 Å². The standard InChI is InChI=1S/C3HBrNO/c4-1-2-5-3-6/h(H,5,6). The Bertz CT molecular complexity index is 90.7. The highest BCUT2D eigenvalue weighted by Crippen LogP contribution is 1.62. The van der Waals surface area contributed by atoms with Crippen LogP contribution in [-0.2, 0) is 4.79 Å². The van der Waals surface area contributed by atoms with E-state index in [1.54, 1.807) is 0 Å². The minimum absolute atomic E-state index is 1.36. The van der Waals surface area contributed by atoms with Crippen molar-refractivity contribution < 1.29 is 4.79 Å². The van der Waals surface area contributed by atoms with E-state index in [0.717, 1.165) is 0 Å². The third-order valence-electron chi connectivity index (χ3n) is 0.161. The average Bonchev–Trinajstić information content (AvgIpc) is 1.61. The van der Waals surface area contributed by atoms with Gasteiger partial charge in [-0.25, -0.2) is 0 Å². The molecule has 0 unspecified atom stereocenters. The van der Waals surface area contributed by atoms with Gasteiger partial charge in [-0.05, 0) is 4.83 Å². The van der Waals surface area contributed by atoms with Gasteiger partial charge in [-0.2, -0.15) is 0 Å². The van der Waals surface area contributed by atoms with Gasteiger partial charge in [0.2, 0.25) is 0 Å². The Labute approximate surface area is 44.0 Å². The Morgan fingerprint density at radius 3 is 2.50 bits per heavy atom. The lowest BCUT2D eigenvalue weighted by atomic mass is 11.1. The molecule has 6 heavy (non-hydrogen) atoms. The maximum atomic E-state index is 9.20. The molecule has 0 aliphatic rings. The Kier molecular flexibility index (Phi) is 4.14. The monoisotopic (exact) mass is 146 g/mol. The second kappa shape index (κ2) is 4.51. The van der Waals surface area contributed by atoms with E-state index >= 15 is 0 Å². The summed E-state index contributed by atoms with van der Waals surface area (Å²) in [6.45, 7) is 0. The second-order valence-corrected chi connectivity index (χ2v) is 0.843. The molecule has 0 bridgehead atoms. The van der Waals surface area contributed by atoms with Crippen LogP contribution in [-0.4, -0.2) is 6.41 Å². The smallest absolute Gasteiger partial charge is 0.276 e. The zero-order valence-corrected chi connectivity index (χ0v) is 4.37. The molecular weight excluding hydrogens is 146 g/mol. The van der Waals surface area contributed by atoms with E-state index in [9.17, 15) is 4.79 Å². The van der Waals surface area contributed by atoms with Crippen LogP contribution in [0.3, 0.4) is 0 Å². The van der Waals surface area contributed by atoms with E-state index in [-0.39, 0.29) is 0 Å². The summed E-state index contributed by atoms with van der Waals surface area (Å²) in [4.78, 5) is 11.5. The van der Waals surface area contributed by atoms with Gasteiger partial charge in [0, 0.05) is 22.0 Å². The van der Waals surface area contributed by atoms with Crippen molar-refractivity contribution in [3.63, 3.8) is 0 Å². The van der Waals surface area contributed by atoms with Crippen molar-refractivity contribution in [3.8, 4) is 10.9 Å². The van der Waals surface area contributed by atoms with Crippen molar-refractivity contribution in [2.75, 3.05) is 0 Å². The van der Waals surface area contributed by atoms with Gasteiger partial charge in [0.05, 0.1) is 0 Å². The number of nitrogens with one attached hydrogen (secondary N) is 1. The summed E-state index contributed by atoms with van der Waals surface area (Å²) in [5.74, 6) is 0. The first-order valence-electron chi connectivity index (χ1n) is 1.14. The highest BCUT2D eigenvalue weighted by molar-refractivity contribution is 9.12. The van der Waals surface area contributed by atoms with Crippen molar-refractivity contribution in [2.45, 2.75) is 0 Å². The van der Waals surface area contributed by atoms with Crippen molar-refractivity contribution in [3.05, 3.63) is 0 Å². The number of halogens is 1. The quantitative estimate of drug-likeness (QED) is 0.409. The predicted molar refractivity (Wildman–Crippen MR) is 25.5 cm³/mol. The molecule has 0 aromatic carbocycles. The molecule has 0 aliphatic heterocycles. The fourth-order valence-electron chi connectivity index (χ4n) is 0.0491. The maximum absolute atomic E-state index is 9.20. The van der Waals surface area contributed by atoms with Gasteiger partial charge in [-0.15, -0.1) is 0 Å². The lowest BCUT2D eigenvalue weighted by Gasteiger charge is -1.64. The third kappa shape index (κ3) is 3.51. The SMILES string of the molecule is O=[C]NC#CBr. The lowest BCUT2D eigenvalue weighted by molar-refractivity contribution is 0.551. The first-order chi connectivity index (χ1) is 2.91. The van der Waals surface area contributed by atoms with Crippen LogP contribution >= 0.6 is 15.9 Å². The van der Waals surface area contributed by atoms with Gasteiger partial charge >= 0.3 is 6.41 Å². The molecule has 0 aromatic rings. The molecule has 0 saturated carbocycles. The molecule has 0 heterocycles. The van der Waals surface area contributed by atoms with E-state index in [2.05, 4.69) is 26.8 Å². The number of amides is 1. The predicted octanol–water partition coefficient (Wildman–Crippen LogP) is -0.0435. The zero-order valence-electron chi connectivity index (χ0n) is 2.79. The molecule has 3 heteroatoms. The molecule has 1 N–H and O–H groups in total. The largest absolute Gasteiger partial charge is 0.321 e. The molecule has 0 spiro atoms. The van der Waals surface area contributed by atoms with Crippen LogP contribution in [0, 0.1) is 10.9 Å². The summed E-state index contributed by atoms with van der Waals surface area (Å²) in [6, 6.07) is 2.19. The number of rotatable bonds is 1. The molecule has 0 aliphatic carbocycles. The van der Waals surface area contributed by atoms with Gasteiger partial charge < -0.3 is 0 Å². The first-order valence-corrected chi connectivity index (χ1v) is 1.94. The number of hydrogen-bond acceptors (Lipinski definition) is 1. The molecule has 2 nitrogen and oxygen atoms in total. The van der Waals surface area contributed by atoms with Crippen LogP contribution in [0.4, 0.5) is 0 Å². The van der Waals surface area contributed by atoms with E-state index in [1.807, 2.05) is 5.32 Å². The van der Waals surface area contributed by atoms with Gasteiger partial charge in [0.25, 0.3) is 0 Å². The molecule has 0 aromatic heterocycles. The topological polar surface area (TPSA) is 29.1 Å². The summed E-state index contributed by atoms with van der Waals surface area (Å²) >= 11 is 2.75. The van der Waals surface area contributed by atoms with Crippen molar-refractivity contribution in [1.29, 1.82) is 0 Å². The van der Waals surface area contributed by atoms with Crippen molar-refractivity contribution >= 4 is 22.3 Å². The van der Waals surface area contributed by atoms with E-state index in [1.165, 1.54) is 6.41 Å². The molecule has 0 fully saturated rings. The van der Waals surface area contributed by atoms with E-state index in [0.29, 0.717) is 0 Å². The fraction of sp³-hybridized carbons (Fsp3) is 0. The Hall–Kier alpha value is -0.490. The number of carbonyl (C=O) groups excluding carboxylic acids is 1. The molecule has 0 saturated heterocycles. The van der Waals surface area contributed by atoms with Crippen LogP contribution in [0.1, 0.15) is 0 Å². The molecule has 31 valence electrons. The highest BCUT2D eigenvalue weighted by atomic mass is 79.9. The summed E-state index contributed by atoms with van der Waals surface area (Å²) in [7, 11) is 0. The Balaban J connectivity index is 3.00. The van der Waals surface area contributed by atoms with E-state index in [4.69, 9.17) is 0 Å². The molecular formula is C3HBrNO. The summed E-state index contributed by atoms with van der Waals surface area (Å²) in [5.41, 5.74) is 0. The van der Waals surface area contributed by atoms with Gasteiger partial charge in [-0.1, -0.05) is 0 Å². The summed E-state index contributed by atoms with van der Waals surface area (Å²) in [5, 5.41) is 1.98. The van der Waals surface area contributed by atoms with Crippen LogP contribution in [0.15, 0.2) is 0 Å². The van der Waals surface area contributed by atoms with Crippen LogP contribution in [0.25, 0.3) is 0 Å². The molecule has 0 rings (SSSR count). The second-order valence-electron chi connectivity index (χ2n) is 0.447. The van der Waals surface area contributed by atoms with Gasteiger partial charge in [-0.3, -0.25) is 10.1 Å². The minimum atomic E-state index is 1.36. The first kappa shape index (κ1) is 5.51. The summed E-state index contributed by atoms with van der Waals surface area (Å²) in [6.07, 6.45) is 1.36. The number of hydrogen-bond donors (Lipinski definition) is 1. The van der Waals surface area contributed by atoms with Crippen LogP contribution < -0.4 is 5.32 Å². The third-order valence-corrected chi connectivity index (χ3v) is 0.359. The normalized spacial score (nSPS) is 4.83.